The Morgan fingerprint density at radius 2 is 1.90 bits per heavy atom. The molecule has 2 N–H and O–H groups in total. The molecule has 3 saturated carbocycles. The van der Waals surface area contributed by atoms with Crippen molar-refractivity contribution >= 4 is 5.71 Å². The Balaban J connectivity index is 1.65. The zero-order valence-electron chi connectivity index (χ0n) is 13.4. The van der Waals surface area contributed by atoms with Gasteiger partial charge in [0.1, 0.15) is 0 Å². The standard InChI is InChI=1S/C19H29NO/c1-18-9-7-13(20)11-12(18)3-4-14-15-5-6-17(21)19(15,2)10-8-16(14)18/h5-6,12,14-17,20-21H,3-4,7-11H2,1-2H3/t12?,14-,15-,16+,17?,18-,19-/m0/s1. The monoisotopic (exact) mass is 287 g/mol. The first-order chi connectivity index (χ1) is 9.95. The Bertz CT molecular complexity index is 498. The van der Waals surface area contributed by atoms with E-state index < -0.39 is 0 Å². The van der Waals surface area contributed by atoms with Gasteiger partial charge in [-0.15, -0.1) is 0 Å². The van der Waals surface area contributed by atoms with Crippen LogP contribution in [0.1, 0.15) is 58.8 Å². The second-order valence-corrected chi connectivity index (χ2v) is 8.76. The van der Waals surface area contributed by atoms with Gasteiger partial charge in [-0.2, -0.15) is 0 Å². The fourth-order valence-electron chi connectivity index (χ4n) is 6.51. The maximum atomic E-state index is 10.4. The lowest BCUT2D eigenvalue weighted by Gasteiger charge is -2.60. The molecular formula is C19H29NO. The molecule has 0 spiro atoms. The normalized spacial score (nSPS) is 55.8. The third-order valence-electron chi connectivity index (χ3n) is 8.00. The van der Waals surface area contributed by atoms with Gasteiger partial charge in [0.05, 0.1) is 6.10 Å². The number of aliphatic hydroxyl groups is 1. The molecule has 0 aromatic heterocycles. The minimum Gasteiger partial charge on any atom is -0.388 e. The summed E-state index contributed by atoms with van der Waals surface area (Å²) in [6.07, 6.45) is 12.6. The first-order valence-corrected chi connectivity index (χ1v) is 8.88. The molecule has 2 unspecified atom stereocenters. The van der Waals surface area contributed by atoms with E-state index in [9.17, 15) is 5.11 Å². The summed E-state index contributed by atoms with van der Waals surface area (Å²) in [7, 11) is 0. The Kier molecular flexibility index (Phi) is 2.96. The van der Waals surface area contributed by atoms with Crippen molar-refractivity contribution in [2.45, 2.75) is 64.9 Å². The molecular weight excluding hydrogens is 258 g/mol. The molecule has 116 valence electrons. The van der Waals surface area contributed by atoms with Crippen molar-refractivity contribution in [3.8, 4) is 0 Å². The molecule has 2 nitrogen and oxygen atoms in total. The van der Waals surface area contributed by atoms with Crippen molar-refractivity contribution in [2.75, 3.05) is 0 Å². The summed E-state index contributed by atoms with van der Waals surface area (Å²) in [6.45, 7) is 4.84. The van der Waals surface area contributed by atoms with Gasteiger partial charge in [-0.3, -0.25) is 0 Å². The Morgan fingerprint density at radius 1 is 1.10 bits per heavy atom. The van der Waals surface area contributed by atoms with Gasteiger partial charge in [-0.05, 0) is 74.0 Å². The van der Waals surface area contributed by atoms with Gasteiger partial charge in [-0.25, -0.2) is 0 Å². The van der Waals surface area contributed by atoms with Crippen LogP contribution in [0.3, 0.4) is 0 Å². The molecule has 0 bridgehead atoms. The molecule has 7 atom stereocenters. The Hall–Kier alpha value is -0.630. The van der Waals surface area contributed by atoms with E-state index in [1.54, 1.807) is 0 Å². The number of fused-ring (bicyclic) bond motifs is 5. The van der Waals surface area contributed by atoms with Crippen molar-refractivity contribution in [1.82, 2.24) is 0 Å². The minimum atomic E-state index is -0.228. The van der Waals surface area contributed by atoms with Crippen molar-refractivity contribution < 1.29 is 5.11 Å². The van der Waals surface area contributed by atoms with Crippen LogP contribution in [0.15, 0.2) is 12.2 Å². The predicted octanol–water partition coefficient (Wildman–Crippen LogP) is 4.19. The van der Waals surface area contributed by atoms with Gasteiger partial charge in [0.15, 0.2) is 0 Å². The fourth-order valence-corrected chi connectivity index (χ4v) is 6.51. The molecule has 0 amide bonds. The first kappa shape index (κ1) is 14.0. The summed E-state index contributed by atoms with van der Waals surface area (Å²) >= 11 is 0. The van der Waals surface area contributed by atoms with Crippen molar-refractivity contribution in [3.05, 3.63) is 12.2 Å². The summed E-state index contributed by atoms with van der Waals surface area (Å²) in [5.74, 6) is 2.92. The second-order valence-electron chi connectivity index (χ2n) is 8.76. The molecule has 0 saturated heterocycles. The molecule has 0 heterocycles. The lowest BCUT2D eigenvalue weighted by Crippen LogP contribution is -2.54. The molecule has 0 aliphatic heterocycles. The van der Waals surface area contributed by atoms with Gasteiger partial charge < -0.3 is 10.5 Å². The van der Waals surface area contributed by atoms with Crippen molar-refractivity contribution in [3.63, 3.8) is 0 Å². The van der Waals surface area contributed by atoms with Crippen LogP contribution in [-0.2, 0) is 0 Å². The van der Waals surface area contributed by atoms with E-state index in [4.69, 9.17) is 5.41 Å². The minimum absolute atomic E-state index is 0.103. The van der Waals surface area contributed by atoms with Crippen LogP contribution in [-0.4, -0.2) is 16.9 Å². The SMILES string of the molecule is C[C@]12CCC(=N)CC1CC[C@@H]1[C@H]2CC[C@]2(C)C(O)C=C[C@@H]12. The van der Waals surface area contributed by atoms with Crippen molar-refractivity contribution in [1.29, 1.82) is 5.41 Å². The topological polar surface area (TPSA) is 44.1 Å². The van der Waals surface area contributed by atoms with Crippen LogP contribution in [0.25, 0.3) is 0 Å². The number of hydrogen-bond acceptors (Lipinski definition) is 2. The predicted molar refractivity (Wildman–Crippen MR) is 85.4 cm³/mol. The average Bonchev–Trinajstić information content (AvgIpc) is 2.76. The summed E-state index contributed by atoms with van der Waals surface area (Å²) in [4.78, 5) is 0. The highest BCUT2D eigenvalue weighted by Gasteiger charge is 2.58. The summed E-state index contributed by atoms with van der Waals surface area (Å²) in [6, 6.07) is 0. The maximum absolute atomic E-state index is 10.4. The van der Waals surface area contributed by atoms with Crippen LogP contribution in [0.5, 0.6) is 0 Å². The number of nitrogens with one attached hydrogen (secondary N) is 1. The van der Waals surface area contributed by atoms with Gasteiger partial charge >= 0.3 is 0 Å². The number of rotatable bonds is 0. The highest BCUT2D eigenvalue weighted by Crippen LogP contribution is 2.64. The molecule has 0 aromatic rings. The molecule has 3 fully saturated rings. The highest BCUT2D eigenvalue weighted by molar-refractivity contribution is 5.82. The Morgan fingerprint density at radius 3 is 2.71 bits per heavy atom. The second kappa shape index (κ2) is 4.44. The highest BCUT2D eigenvalue weighted by atomic mass is 16.3. The van der Waals surface area contributed by atoms with Gasteiger partial charge in [-0.1, -0.05) is 26.0 Å². The lowest BCUT2D eigenvalue weighted by molar-refractivity contribution is -0.105. The molecule has 21 heavy (non-hydrogen) atoms. The number of allylic oxidation sites excluding steroid dienone is 1. The molecule has 0 aromatic carbocycles. The van der Waals surface area contributed by atoms with E-state index in [0.717, 1.165) is 36.3 Å². The zero-order valence-corrected chi connectivity index (χ0v) is 13.4. The molecule has 4 aliphatic carbocycles. The molecule has 4 aliphatic rings. The lowest BCUT2D eigenvalue weighted by atomic mass is 9.45. The van der Waals surface area contributed by atoms with Crippen LogP contribution in [0.2, 0.25) is 0 Å². The van der Waals surface area contributed by atoms with Gasteiger partial charge in [0, 0.05) is 11.1 Å². The van der Waals surface area contributed by atoms with E-state index in [1.165, 1.54) is 32.1 Å². The van der Waals surface area contributed by atoms with E-state index >= 15 is 0 Å². The maximum Gasteiger partial charge on any atom is 0.0780 e. The summed E-state index contributed by atoms with van der Waals surface area (Å²) in [5, 5.41) is 18.5. The average molecular weight is 287 g/mol. The van der Waals surface area contributed by atoms with Crippen LogP contribution < -0.4 is 0 Å². The van der Waals surface area contributed by atoms with Crippen molar-refractivity contribution in [2.24, 2.45) is 34.5 Å². The van der Waals surface area contributed by atoms with E-state index in [-0.39, 0.29) is 11.5 Å². The third kappa shape index (κ3) is 1.78. The number of hydrogen-bond donors (Lipinski definition) is 2. The number of aliphatic hydroxyl groups excluding tert-OH is 1. The largest absolute Gasteiger partial charge is 0.388 e. The van der Waals surface area contributed by atoms with E-state index in [2.05, 4.69) is 26.0 Å². The van der Waals surface area contributed by atoms with Crippen LogP contribution in [0.4, 0.5) is 0 Å². The van der Waals surface area contributed by atoms with Crippen LogP contribution >= 0.6 is 0 Å². The summed E-state index contributed by atoms with van der Waals surface area (Å²) < 4.78 is 0. The molecule has 0 radical (unpaired) electrons. The molecule has 2 heteroatoms. The van der Waals surface area contributed by atoms with Crippen LogP contribution in [0, 0.1) is 39.9 Å². The van der Waals surface area contributed by atoms with E-state index in [1.807, 2.05) is 0 Å². The zero-order chi connectivity index (χ0) is 14.8. The summed E-state index contributed by atoms with van der Waals surface area (Å²) in [5.41, 5.74) is 1.55. The first-order valence-electron chi connectivity index (χ1n) is 8.88. The third-order valence-corrected chi connectivity index (χ3v) is 8.00. The fraction of sp³-hybridized carbons (Fsp3) is 0.842. The quantitative estimate of drug-likeness (QED) is 0.645. The smallest absolute Gasteiger partial charge is 0.0780 e. The van der Waals surface area contributed by atoms with E-state index in [0.29, 0.717) is 11.3 Å². The van der Waals surface area contributed by atoms with Gasteiger partial charge in [0.2, 0.25) is 0 Å². The molecule has 4 rings (SSSR count). The Labute approximate surface area is 128 Å². The van der Waals surface area contributed by atoms with Gasteiger partial charge in [0.25, 0.3) is 0 Å².